The van der Waals surface area contributed by atoms with Gasteiger partial charge in [-0.15, -0.1) is 0 Å². The molecule has 0 radical (unpaired) electrons. The number of halogens is 2. The maximum absolute atomic E-state index is 13.4. The molecule has 0 saturated heterocycles. The Bertz CT molecular complexity index is 634. The molecule has 20 heavy (non-hydrogen) atoms. The number of hydrazine groups is 1. The lowest BCUT2D eigenvalue weighted by atomic mass is 10.2. The molecule has 0 atom stereocenters. The number of pyridine rings is 1. The van der Waals surface area contributed by atoms with Crippen LogP contribution in [-0.4, -0.2) is 10.9 Å². The molecule has 4 N–H and O–H groups in total. The fourth-order valence-electron chi connectivity index (χ4n) is 1.64. The molecule has 0 bridgehead atoms. The first-order chi connectivity index (χ1) is 9.61. The molecule has 7 heteroatoms. The number of hydrogen-bond donors (Lipinski definition) is 3. The van der Waals surface area contributed by atoms with E-state index >= 15 is 0 Å². The Kier molecular flexibility index (Phi) is 4.21. The summed E-state index contributed by atoms with van der Waals surface area (Å²) in [5, 5.41) is 2.53. The van der Waals surface area contributed by atoms with Crippen LogP contribution >= 0.6 is 0 Å². The minimum atomic E-state index is -0.711. The van der Waals surface area contributed by atoms with E-state index in [1.807, 2.05) is 0 Å². The zero-order valence-corrected chi connectivity index (χ0v) is 10.4. The molecule has 1 heterocycles. The van der Waals surface area contributed by atoms with E-state index in [1.54, 1.807) is 0 Å². The Morgan fingerprint density at radius 1 is 1.30 bits per heavy atom. The van der Waals surface area contributed by atoms with E-state index in [4.69, 9.17) is 5.84 Å². The summed E-state index contributed by atoms with van der Waals surface area (Å²) in [7, 11) is 0. The van der Waals surface area contributed by atoms with Gasteiger partial charge in [-0.25, -0.2) is 8.78 Å². The summed E-state index contributed by atoms with van der Waals surface area (Å²) in [5.74, 6) is 3.45. The standard InChI is InChI=1S/C13H12F2N4O/c14-9-2-1-8(11(15)5-9)6-18-13(20)10-3-4-17-7-12(10)19-16/h1-5,7,19H,6,16H2,(H,18,20). The summed E-state index contributed by atoms with van der Waals surface area (Å²) in [6, 6.07) is 4.65. The lowest BCUT2D eigenvalue weighted by Crippen LogP contribution is -2.25. The van der Waals surface area contributed by atoms with Crippen LogP contribution in [0.1, 0.15) is 15.9 Å². The first-order valence-corrected chi connectivity index (χ1v) is 5.74. The Morgan fingerprint density at radius 2 is 2.10 bits per heavy atom. The number of nitrogens with one attached hydrogen (secondary N) is 2. The summed E-state index contributed by atoms with van der Waals surface area (Å²) in [4.78, 5) is 15.8. The number of aromatic nitrogens is 1. The molecule has 5 nitrogen and oxygen atoms in total. The summed E-state index contributed by atoms with van der Waals surface area (Å²) in [6.07, 6.45) is 2.83. The number of hydrogen-bond acceptors (Lipinski definition) is 4. The van der Waals surface area contributed by atoms with Crippen molar-refractivity contribution in [2.45, 2.75) is 6.54 Å². The normalized spacial score (nSPS) is 10.2. The molecule has 1 amide bonds. The largest absolute Gasteiger partial charge is 0.348 e. The quantitative estimate of drug-likeness (QED) is 0.586. The van der Waals surface area contributed by atoms with Gasteiger partial charge in [0.15, 0.2) is 0 Å². The third-order valence-electron chi connectivity index (χ3n) is 2.68. The SMILES string of the molecule is NNc1cnccc1C(=O)NCc1ccc(F)cc1F. The van der Waals surface area contributed by atoms with Crippen LogP contribution in [0, 0.1) is 11.6 Å². The smallest absolute Gasteiger partial charge is 0.253 e. The highest BCUT2D eigenvalue weighted by Crippen LogP contribution is 2.13. The molecule has 1 aromatic heterocycles. The highest BCUT2D eigenvalue weighted by molar-refractivity contribution is 5.99. The van der Waals surface area contributed by atoms with Crippen LogP contribution in [0.4, 0.5) is 14.5 Å². The van der Waals surface area contributed by atoms with E-state index in [-0.39, 0.29) is 17.7 Å². The molecule has 1 aromatic carbocycles. The van der Waals surface area contributed by atoms with Gasteiger partial charge < -0.3 is 10.7 Å². The fourth-order valence-corrected chi connectivity index (χ4v) is 1.64. The third kappa shape index (κ3) is 3.07. The van der Waals surface area contributed by atoms with Crippen LogP contribution in [0.5, 0.6) is 0 Å². The van der Waals surface area contributed by atoms with Crippen molar-refractivity contribution in [3.8, 4) is 0 Å². The molecular weight excluding hydrogens is 266 g/mol. The van der Waals surface area contributed by atoms with Crippen LogP contribution in [0.2, 0.25) is 0 Å². The number of carbonyl (C=O) groups is 1. The lowest BCUT2D eigenvalue weighted by Gasteiger charge is -2.09. The first kappa shape index (κ1) is 13.9. The predicted molar refractivity (Wildman–Crippen MR) is 69.6 cm³/mol. The number of benzene rings is 1. The third-order valence-corrected chi connectivity index (χ3v) is 2.68. The predicted octanol–water partition coefficient (Wildman–Crippen LogP) is 1.58. The fraction of sp³-hybridized carbons (Fsp3) is 0.0769. The van der Waals surface area contributed by atoms with Gasteiger partial charge in [0.1, 0.15) is 11.6 Å². The maximum Gasteiger partial charge on any atom is 0.253 e. The van der Waals surface area contributed by atoms with Gasteiger partial charge >= 0.3 is 0 Å². The van der Waals surface area contributed by atoms with Crippen LogP contribution in [0.25, 0.3) is 0 Å². The maximum atomic E-state index is 13.4. The lowest BCUT2D eigenvalue weighted by molar-refractivity contribution is 0.0951. The number of anilines is 1. The van der Waals surface area contributed by atoms with Crippen LogP contribution < -0.4 is 16.6 Å². The Balaban J connectivity index is 2.09. The van der Waals surface area contributed by atoms with Gasteiger partial charge in [-0.05, 0) is 12.1 Å². The number of rotatable bonds is 4. The van der Waals surface area contributed by atoms with E-state index in [0.29, 0.717) is 5.69 Å². The Hall–Kier alpha value is -2.54. The number of carbonyl (C=O) groups excluding carboxylic acids is 1. The van der Waals surface area contributed by atoms with Crippen molar-refractivity contribution in [1.82, 2.24) is 10.3 Å². The van der Waals surface area contributed by atoms with Crippen molar-refractivity contribution in [2.75, 3.05) is 5.43 Å². The van der Waals surface area contributed by atoms with Crippen molar-refractivity contribution in [1.29, 1.82) is 0 Å². The van der Waals surface area contributed by atoms with Gasteiger partial charge in [-0.2, -0.15) is 0 Å². The van der Waals surface area contributed by atoms with Crippen LogP contribution in [0.15, 0.2) is 36.7 Å². The van der Waals surface area contributed by atoms with Gasteiger partial charge in [0.2, 0.25) is 0 Å². The van der Waals surface area contributed by atoms with Crippen molar-refractivity contribution in [3.63, 3.8) is 0 Å². The first-order valence-electron chi connectivity index (χ1n) is 5.74. The van der Waals surface area contributed by atoms with Gasteiger partial charge in [0, 0.05) is 24.4 Å². The van der Waals surface area contributed by atoms with E-state index in [2.05, 4.69) is 15.7 Å². The summed E-state index contributed by atoms with van der Waals surface area (Å²) >= 11 is 0. The van der Waals surface area contributed by atoms with Crippen molar-refractivity contribution in [3.05, 3.63) is 59.4 Å². The molecule has 0 aliphatic heterocycles. The zero-order chi connectivity index (χ0) is 14.5. The van der Waals surface area contributed by atoms with Gasteiger partial charge in [-0.3, -0.25) is 15.6 Å². The number of nitrogens with zero attached hydrogens (tertiary/aromatic N) is 1. The summed E-state index contributed by atoms with van der Waals surface area (Å²) < 4.78 is 26.2. The monoisotopic (exact) mass is 278 g/mol. The van der Waals surface area contributed by atoms with E-state index in [1.165, 1.54) is 24.5 Å². The van der Waals surface area contributed by atoms with E-state index < -0.39 is 17.5 Å². The molecule has 0 spiro atoms. The molecule has 2 rings (SSSR count). The second-order valence-electron chi connectivity index (χ2n) is 3.98. The topological polar surface area (TPSA) is 80.0 Å². The van der Waals surface area contributed by atoms with Crippen molar-refractivity contribution in [2.24, 2.45) is 5.84 Å². The molecular formula is C13H12F2N4O. The molecule has 2 aromatic rings. The Labute approximate surface area is 113 Å². The van der Waals surface area contributed by atoms with E-state index in [9.17, 15) is 13.6 Å². The second kappa shape index (κ2) is 6.07. The minimum Gasteiger partial charge on any atom is -0.348 e. The van der Waals surface area contributed by atoms with Crippen molar-refractivity contribution < 1.29 is 13.6 Å². The van der Waals surface area contributed by atoms with Crippen molar-refractivity contribution >= 4 is 11.6 Å². The van der Waals surface area contributed by atoms with E-state index in [0.717, 1.165) is 12.1 Å². The number of amides is 1. The summed E-state index contributed by atoms with van der Waals surface area (Å²) in [5.41, 5.74) is 3.17. The van der Waals surface area contributed by atoms with Crippen LogP contribution in [0.3, 0.4) is 0 Å². The van der Waals surface area contributed by atoms with Crippen LogP contribution in [-0.2, 0) is 6.54 Å². The van der Waals surface area contributed by atoms with Gasteiger partial charge in [0.05, 0.1) is 17.4 Å². The molecule has 0 aliphatic rings. The minimum absolute atomic E-state index is 0.0583. The number of nitrogens with two attached hydrogens (primary N) is 1. The number of nitrogen functional groups attached to an aromatic ring is 1. The molecule has 0 fully saturated rings. The molecule has 104 valence electrons. The van der Waals surface area contributed by atoms with Gasteiger partial charge in [0.25, 0.3) is 5.91 Å². The molecule has 0 unspecified atom stereocenters. The summed E-state index contributed by atoms with van der Waals surface area (Å²) in [6.45, 7) is -0.0583. The average Bonchev–Trinajstić information content (AvgIpc) is 2.46. The molecule has 0 saturated carbocycles. The second-order valence-corrected chi connectivity index (χ2v) is 3.98. The zero-order valence-electron chi connectivity index (χ0n) is 10.4. The highest BCUT2D eigenvalue weighted by atomic mass is 19.1. The van der Waals surface area contributed by atoms with Gasteiger partial charge in [-0.1, -0.05) is 6.07 Å². The average molecular weight is 278 g/mol. The highest BCUT2D eigenvalue weighted by Gasteiger charge is 2.11. The Morgan fingerprint density at radius 3 is 2.80 bits per heavy atom. The molecule has 0 aliphatic carbocycles.